The van der Waals surface area contributed by atoms with Crippen molar-refractivity contribution in [2.24, 2.45) is 0 Å². The van der Waals surface area contributed by atoms with E-state index in [9.17, 15) is 35.1 Å². The van der Waals surface area contributed by atoms with Gasteiger partial charge in [0.25, 0.3) is 21.9 Å². The lowest BCUT2D eigenvalue weighted by atomic mass is 9.93. The maximum Gasteiger partial charge on any atom is 0.339 e. The number of nitro benzene ring substituents is 3. The van der Waals surface area contributed by atoms with Crippen LogP contribution in [0.4, 0.5) is 17.1 Å². The number of nitrogens with zero attached hydrogens (tertiary/aromatic N) is 3. The van der Waals surface area contributed by atoms with Gasteiger partial charge in [-0.1, -0.05) is 18.2 Å². The molecule has 1 aliphatic carbocycles. The van der Waals surface area contributed by atoms with Gasteiger partial charge in [0.15, 0.2) is 10.3 Å². The zero-order valence-electron chi connectivity index (χ0n) is 26.3. The van der Waals surface area contributed by atoms with Crippen LogP contribution in [0.1, 0.15) is 32.3 Å². The van der Waals surface area contributed by atoms with Crippen molar-refractivity contribution in [2.75, 3.05) is 46.8 Å². The van der Waals surface area contributed by atoms with Crippen molar-refractivity contribution in [3.8, 4) is 21.6 Å². The molecule has 21 heteroatoms. The van der Waals surface area contributed by atoms with Gasteiger partial charge in [-0.15, -0.1) is 0 Å². The molecule has 0 amide bonds. The Labute approximate surface area is 296 Å². The van der Waals surface area contributed by atoms with E-state index in [-0.39, 0.29) is 47.6 Å². The van der Waals surface area contributed by atoms with Gasteiger partial charge in [-0.3, -0.25) is 34.9 Å². The molecular formula is C30H27N3O15S3. The highest BCUT2D eigenvalue weighted by Gasteiger charge is 2.43. The van der Waals surface area contributed by atoms with Crippen LogP contribution in [0.15, 0.2) is 60.7 Å². The lowest BCUT2D eigenvalue weighted by Crippen LogP contribution is -2.15. The molecule has 1 unspecified atom stereocenters. The van der Waals surface area contributed by atoms with Gasteiger partial charge in [-0.05, 0) is 23.3 Å². The fourth-order valence-electron chi connectivity index (χ4n) is 5.15. The maximum absolute atomic E-state index is 13.5. The number of nitro groups is 3. The van der Waals surface area contributed by atoms with Crippen molar-refractivity contribution in [3.63, 3.8) is 0 Å². The fraction of sp³-hybridized carbons (Fsp3) is 0.267. The van der Waals surface area contributed by atoms with Gasteiger partial charge in [-0.25, -0.2) is 13.2 Å². The first-order valence-corrected chi connectivity index (χ1v) is 18.0. The number of hydrogen-bond acceptors (Lipinski definition) is 15. The highest BCUT2D eigenvalue weighted by atomic mass is 32.9. The molecule has 1 aliphatic rings. The highest BCUT2D eigenvalue weighted by molar-refractivity contribution is 7.79. The molecule has 1 N–H and O–H groups in total. The zero-order chi connectivity index (χ0) is 37.3. The third-order valence-corrected chi connectivity index (χ3v) is 9.63. The Kier molecular flexibility index (Phi) is 13.3. The summed E-state index contributed by atoms with van der Waals surface area (Å²) in [4.78, 5) is 49.0. The normalized spacial score (nSPS) is 13.0. The van der Waals surface area contributed by atoms with E-state index in [1.807, 2.05) is 36.4 Å². The van der Waals surface area contributed by atoms with Crippen LogP contribution in [0.3, 0.4) is 0 Å². The summed E-state index contributed by atoms with van der Waals surface area (Å²) >= 11 is 0. The van der Waals surface area contributed by atoms with Crippen LogP contribution in [-0.2, 0) is 29.3 Å². The fourth-order valence-corrected chi connectivity index (χ4v) is 7.76. The van der Waals surface area contributed by atoms with Crippen LogP contribution in [0.5, 0.6) is 0 Å². The molecule has 5 rings (SSSR count). The first-order valence-electron chi connectivity index (χ1n) is 14.5. The molecule has 18 nitrogen and oxygen atoms in total. The first-order chi connectivity index (χ1) is 24.2. The van der Waals surface area contributed by atoms with Crippen molar-refractivity contribution in [1.29, 1.82) is 0 Å². The number of carbonyl (C=O) groups excluding carboxylic acids is 1. The Hall–Kier alpha value is -4.87. The quantitative estimate of drug-likeness (QED) is 0.0202. The number of ether oxygens (including phenoxy) is 4. The topological polar surface area (TPSA) is 261 Å². The van der Waals surface area contributed by atoms with Crippen LogP contribution in [0.2, 0.25) is 0 Å². The second-order valence-electron chi connectivity index (χ2n) is 10.3. The molecular weight excluding hydrogens is 739 g/mol. The molecule has 1 atom stereocenters. The first kappa shape index (κ1) is 38.9. The number of rotatable bonds is 15. The summed E-state index contributed by atoms with van der Waals surface area (Å²) < 4.78 is 53.8. The minimum Gasteiger partial charge on any atom is -0.726 e. The standard InChI is InChI=1S/C30H26N3O11S2.H2O4S/c1-41-7-8-42-9-10-43-11-12-44-30(34)23-15-19(31(35)36)13-21-27(26-17-25(45-46-26)18-5-3-2-4-6-18)22-14-20(32(37)38)16-24(33(39)40)29(22)28(21)23;1-5(2,3)4/h2-6,13-17,27H,7-12H2,1H3;(H2,1,2,3,4)/q+1;/p-1. The van der Waals surface area contributed by atoms with E-state index >= 15 is 0 Å². The molecule has 0 bridgehead atoms. The van der Waals surface area contributed by atoms with Crippen LogP contribution >= 0.6 is 20.7 Å². The number of fused-ring (bicyclic) bond motifs is 3. The van der Waals surface area contributed by atoms with E-state index in [0.717, 1.165) is 22.6 Å². The van der Waals surface area contributed by atoms with E-state index in [4.69, 9.17) is 36.5 Å². The van der Waals surface area contributed by atoms with E-state index < -0.39 is 54.1 Å². The molecule has 0 saturated carbocycles. The number of benzene rings is 3. The maximum atomic E-state index is 13.5. The van der Waals surface area contributed by atoms with E-state index in [1.165, 1.54) is 32.8 Å². The SMILES string of the molecule is COCCOCCOCCOC(=O)c1cc([N+](=O)[O-])cc2c1-c1c(cc([N+](=O)[O-])cc1[N+](=O)[O-])C2c1cc(-c2ccccc2)[s+]s1.O=S(=O)([O-])O. The summed E-state index contributed by atoms with van der Waals surface area (Å²) in [5.41, 5.74) is -0.458. The van der Waals surface area contributed by atoms with Gasteiger partial charge in [-0.2, -0.15) is 0 Å². The Morgan fingerprint density at radius 1 is 0.824 bits per heavy atom. The van der Waals surface area contributed by atoms with Crippen molar-refractivity contribution in [3.05, 3.63) is 113 Å². The lowest BCUT2D eigenvalue weighted by molar-refractivity contribution is -0.393. The third-order valence-electron chi connectivity index (χ3n) is 7.11. The van der Waals surface area contributed by atoms with E-state index in [0.29, 0.717) is 24.7 Å². The van der Waals surface area contributed by atoms with E-state index in [2.05, 4.69) is 0 Å². The largest absolute Gasteiger partial charge is 0.726 e. The molecule has 270 valence electrons. The molecule has 0 spiro atoms. The average Bonchev–Trinajstić information content (AvgIpc) is 3.69. The van der Waals surface area contributed by atoms with Crippen LogP contribution in [0.25, 0.3) is 21.6 Å². The van der Waals surface area contributed by atoms with E-state index in [1.54, 1.807) is 7.11 Å². The summed E-state index contributed by atoms with van der Waals surface area (Å²) in [6.45, 7) is 1.13. The number of esters is 1. The summed E-state index contributed by atoms with van der Waals surface area (Å²) in [6, 6.07) is 15.6. The number of carbonyl (C=O) groups is 1. The van der Waals surface area contributed by atoms with Gasteiger partial charge < -0.3 is 23.5 Å². The summed E-state index contributed by atoms with van der Waals surface area (Å²) in [7, 11) is -0.606. The third kappa shape index (κ3) is 10.1. The molecule has 0 saturated heterocycles. The predicted molar refractivity (Wildman–Crippen MR) is 181 cm³/mol. The Bertz CT molecular complexity index is 2030. The molecule has 0 radical (unpaired) electrons. The molecule has 1 heterocycles. The van der Waals surface area contributed by atoms with Gasteiger partial charge >= 0.3 is 16.3 Å². The highest BCUT2D eigenvalue weighted by Crippen LogP contribution is 2.56. The van der Waals surface area contributed by atoms with Crippen molar-refractivity contribution in [2.45, 2.75) is 5.92 Å². The van der Waals surface area contributed by atoms with Gasteiger partial charge in [0.1, 0.15) is 6.61 Å². The zero-order valence-corrected chi connectivity index (χ0v) is 28.8. The van der Waals surface area contributed by atoms with Crippen LogP contribution < -0.4 is 0 Å². The Balaban J connectivity index is 0.00000109. The summed E-state index contributed by atoms with van der Waals surface area (Å²) in [5, 5.41) is 36.2. The molecule has 51 heavy (non-hydrogen) atoms. The van der Waals surface area contributed by atoms with Crippen LogP contribution in [0, 0.1) is 30.3 Å². The minimum absolute atomic E-state index is 0.000889. The van der Waals surface area contributed by atoms with Crippen molar-refractivity contribution >= 4 is 54.1 Å². The molecule has 0 aliphatic heterocycles. The Morgan fingerprint density at radius 3 is 1.94 bits per heavy atom. The predicted octanol–water partition coefficient (Wildman–Crippen LogP) is 5.48. The monoisotopic (exact) mass is 765 g/mol. The van der Waals surface area contributed by atoms with Crippen LogP contribution in [-0.4, -0.2) is 85.0 Å². The second-order valence-corrected chi connectivity index (χ2v) is 13.4. The molecule has 4 aromatic rings. The smallest absolute Gasteiger partial charge is 0.339 e. The number of methoxy groups -OCH3 is 1. The Morgan fingerprint density at radius 2 is 1.37 bits per heavy atom. The number of hydrogen-bond donors (Lipinski definition) is 1. The lowest BCUT2D eigenvalue weighted by Gasteiger charge is -2.12. The van der Waals surface area contributed by atoms with Gasteiger partial charge in [0.05, 0.1) is 75.8 Å². The van der Waals surface area contributed by atoms with Crippen molar-refractivity contribution < 1.29 is 56.0 Å². The van der Waals surface area contributed by atoms with Gasteiger partial charge in [0, 0.05) is 42.5 Å². The average molecular weight is 766 g/mol. The second kappa shape index (κ2) is 17.4. The summed E-state index contributed by atoms with van der Waals surface area (Å²) in [6.07, 6.45) is 0. The van der Waals surface area contributed by atoms with Gasteiger partial charge in [0.2, 0.25) is 10.4 Å². The summed E-state index contributed by atoms with van der Waals surface area (Å²) in [5.74, 6) is -1.83. The minimum atomic E-state index is -4.92. The molecule has 1 aromatic heterocycles. The van der Waals surface area contributed by atoms with Crippen molar-refractivity contribution in [1.82, 2.24) is 0 Å². The molecule has 3 aromatic carbocycles. The number of non-ortho nitro benzene ring substituents is 2. The molecule has 0 fully saturated rings.